The second kappa shape index (κ2) is 29.9. The van der Waals surface area contributed by atoms with Gasteiger partial charge in [-0.1, -0.05) is 140 Å². The minimum absolute atomic E-state index is 0.249. The van der Waals surface area contributed by atoms with Crippen LogP contribution in [0.3, 0.4) is 0 Å². The van der Waals surface area contributed by atoms with Gasteiger partial charge in [-0.2, -0.15) is 0 Å². The van der Waals surface area contributed by atoms with E-state index < -0.39 is 0 Å². The van der Waals surface area contributed by atoms with Crippen molar-refractivity contribution in [2.45, 2.75) is 200 Å². The van der Waals surface area contributed by atoms with Gasteiger partial charge in [0.05, 0.1) is 12.7 Å². The van der Waals surface area contributed by atoms with Gasteiger partial charge in [0.15, 0.2) is 5.79 Å². The number of allylic oxidation sites excluding steroid dienone is 8. The van der Waals surface area contributed by atoms with Crippen molar-refractivity contribution < 1.29 is 9.47 Å². The zero-order chi connectivity index (χ0) is 30.2. The molecule has 1 saturated heterocycles. The molecule has 0 bridgehead atoms. The van der Waals surface area contributed by atoms with Gasteiger partial charge in [-0.3, -0.25) is 0 Å². The molecule has 1 aliphatic heterocycles. The molecule has 1 heterocycles. The molecule has 0 N–H and O–H groups in total. The van der Waals surface area contributed by atoms with E-state index in [1.807, 2.05) is 0 Å². The lowest BCUT2D eigenvalue weighted by Gasteiger charge is -2.28. The number of unbranched alkanes of at least 4 members (excludes halogenated alkanes) is 18. The van der Waals surface area contributed by atoms with E-state index in [9.17, 15) is 0 Å². The Bertz CT molecular complexity index is 625. The third kappa shape index (κ3) is 24.3. The first-order valence-corrected chi connectivity index (χ1v) is 18.6. The zero-order valence-corrected chi connectivity index (χ0v) is 28.6. The molecule has 0 radical (unpaired) electrons. The summed E-state index contributed by atoms with van der Waals surface area (Å²) in [6.45, 7) is 7.47. The van der Waals surface area contributed by atoms with Crippen molar-refractivity contribution >= 4 is 0 Å². The van der Waals surface area contributed by atoms with Crippen molar-refractivity contribution in [1.29, 1.82) is 0 Å². The van der Waals surface area contributed by atoms with Gasteiger partial charge in [-0.15, -0.1) is 0 Å². The molecule has 1 atom stereocenters. The maximum atomic E-state index is 6.35. The van der Waals surface area contributed by atoms with Gasteiger partial charge in [0.2, 0.25) is 0 Å². The molecule has 2 heteroatoms. The van der Waals surface area contributed by atoms with Crippen molar-refractivity contribution in [3.05, 3.63) is 48.6 Å². The van der Waals surface area contributed by atoms with Crippen LogP contribution in [0.2, 0.25) is 0 Å². The molecule has 0 saturated carbocycles. The average molecular weight is 585 g/mol. The van der Waals surface area contributed by atoms with Gasteiger partial charge < -0.3 is 9.47 Å². The number of rotatable bonds is 30. The van der Waals surface area contributed by atoms with Crippen LogP contribution in [0, 0.1) is 0 Å². The molecule has 1 fully saturated rings. The highest BCUT2D eigenvalue weighted by Crippen LogP contribution is 2.34. The molecule has 1 aliphatic rings. The fraction of sp³-hybridized carbons (Fsp3) is 0.800. The Morgan fingerprint density at radius 1 is 0.476 bits per heavy atom. The summed E-state index contributed by atoms with van der Waals surface area (Å²) in [7, 11) is 0. The van der Waals surface area contributed by atoms with E-state index in [1.54, 1.807) is 0 Å². The van der Waals surface area contributed by atoms with Crippen LogP contribution in [0.15, 0.2) is 48.6 Å². The highest BCUT2D eigenvalue weighted by Gasteiger charge is 2.38. The molecule has 0 aliphatic carbocycles. The molecule has 1 rings (SSSR count). The molecule has 0 aromatic carbocycles. The van der Waals surface area contributed by atoms with Crippen molar-refractivity contribution in [2.24, 2.45) is 0 Å². The highest BCUT2D eigenvalue weighted by molar-refractivity contribution is 4.93. The van der Waals surface area contributed by atoms with Crippen molar-refractivity contribution in [3.63, 3.8) is 0 Å². The Kier molecular flexibility index (Phi) is 27.7. The number of hydrogen-bond acceptors (Lipinski definition) is 2. The number of hydrogen-bond donors (Lipinski definition) is 0. The second-order valence-corrected chi connectivity index (χ2v) is 12.8. The van der Waals surface area contributed by atoms with Gasteiger partial charge in [0.25, 0.3) is 0 Å². The van der Waals surface area contributed by atoms with E-state index in [0.717, 1.165) is 32.3 Å². The predicted octanol–water partition coefficient (Wildman–Crippen LogP) is 13.5. The minimum Gasteiger partial charge on any atom is -0.347 e. The van der Waals surface area contributed by atoms with Gasteiger partial charge in [0.1, 0.15) is 0 Å². The normalized spacial score (nSPS) is 17.3. The molecule has 0 aromatic rings. The molecule has 0 amide bonds. The third-order valence-electron chi connectivity index (χ3n) is 8.51. The summed E-state index contributed by atoms with van der Waals surface area (Å²) in [5.41, 5.74) is 0. The van der Waals surface area contributed by atoms with Gasteiger partial charge in [0, 0.05) is 12.8 Å². The smallest absolute Gasteiger partial charge is 0.168 e. The van der Waals surface area contributed by atoms with Gasteiger partial charge in [-0.25, -0.2) is 0 Å². The largest absolute Gasteiger partial charge is 0.347 e. The summed E-state index contributed by atoms with van der Waals surface area (Å²) < 4.78 is 12.6. The molecule has 0 unspecified atom stereocenters. The molecular weight excluding hydrogens is 512 g/mol. The second-order valence-electron chi connectivity index (χ2n) is 12.8. The van der Waals surface area contributed by atoms with Crippen LogP contribution in [0.4, 0.5) is 0 Å². The van der Waals surface area contributed by atoms with Gasteiger partial charge >= 0.3 is 0 Å². The topological polar surface area (TPSA) is 18.5 Å². The van der Waals surface area contributed by atoms with E-state index >= 15 is 0 Å². The first-order chi connectivity index (χ1) is 20.7. The Labute approximate surface area is 263 Å². The number of ether oxygens (including phenoxy) is 2. The Balaban J connectivity index is 1.99. The summed E-state index contributed by atoms with van der Waals surface area (Å²) >= 11 is 0. The summed E-state index contributed by atoms with van der Waals surface area (Å²) in [6.07, 6.45) is 52.3. The summed E-state index contributed by atoms with van der Waals surface area (Å²) in [4.78, 5) is 0. The van der Waals surface area contributed by atoms with E-state index in [2.05, 4.69) is 69.4 Å². The van der Waals surface area contributed by atoms with Gasteiger partial charge in [-0.05, 0) is 84.0 Å². The molecular formula is C40H72O2. The van der Waals surface area contributed by atoms with Crippen LogP contribution in [0.5, 0.6) is 0 Å². The summed E-state index contributed by atoms with van der Waals surface area (Å²) in [6, 6.07) is 0. The van der Waals surface area contributed by atoms with Crippen molar-refractivity contribution in [2.75, 3.05) is 6.61 Å². The van der Waals surface area contributed by atoms with Crippen LogP contribution in [-0.4, -0.2) is 18.5 Å². The monoisotopic (exact) mass is 585 g/mol. The zero-order valence-electron chi connectivity index (χ0n) is 28.6. The highest BCUT2D eigenvalue weighted by atomic mass is 16.7. The maximum Gasteiger partial charge on any atom is 0.168 e. The van der Waals surface area contributed by atoms with Crippen molar-refractivity contribution in [3.8, 4) is 0 Å². The summed E-state index contributed by atoms with van der Waals surface area (Å²) in [5.74, 6) is -0.288. The van der Waals surface area contributed by atoms with E-state index in [0.29, 0.717) is 0 Å². The van der Waals surface area contributed by atoms with Crippen LogP contribution < -0.4 is 0 Å². The first-order valence-electron chi connectivity index (χ1n) is 18.6. The summed E-state index contributed by atoms with van der Waals surface area (Å²) in [5, 5.41) is 0. The third-order valence-corrected chi connectivity index (χ3v) is 8.51. The van der Waals surface area contributed by atoms with E-state index in [1.165, 1.54) is 141 Å². The predicted molar refractivity (Wildman–Crippen MR) is 187 cm³/mol. The average Bonchev–Trinajstić information content (AvgIpc) is 3.37. The molecule has 0 spiro atoms. The Morgan fingerprint density at radius 2 is 0.833 bits per heavy atom. The lowest BCUT2D eigenvalue weighted by Crippen LogP contribution is -2.30. The quantitative estimate of drug-likeness (QED) is 0.0617. The minimum atomic E-state index is -0.288. The molecule has 2 nitrogen and oxygen atoms in total. The van der Waals surface area contributed by atoms with Crippen LogP contribution in [0.25, 0.3) is 0 Å². The molecule has 42 heavy (non-hydrogen) atoms. The molecule has 244 valence electrons. The fourth-order valence-electron chi connectivity index (χ4n) is 5.86. The Hall–Kier alpha value is -1.12. The van der Waals surface area contributed by atoms with Crippen LogP contribution >= 0.6 is 0 Å². The first kappa shape index (κ1) is 38.9. The van der Waals surface area contributed by atoms with Crippen molar-refractivity contribution in [1.82, 2.24) is 0 Å². The molecule has 0 aromatic heterocycles. The Morgan fingerprint density at radius 3 is 1.19 bits per heavy atom. The van der Waals surface area contributed by atoms with Crippen LogP contribution in [-0.2, 0) is 9.47 Å². The lowest BCUT2D eigenvalue weighted by molar-refractivity contribution is -0.177. The van der Waals surface area contributed by atoms with E-state index in [4.69, 9.17) is 9.47 Å². The SMILES string of the molecule is CCCCC/C=C\C/C=C\CCCCCCCCC1(CCCCCCCC/C=C\C/C=C\CCCCC)OC[C@H](C)O1. The van der Waals surface area contributed by atoms with Crippen LogP contribution in [0.1, 0.15) is 188 Å². The lowest BCUT2D eigenvalue weighted by atomic mass is 9.98. The standard InChI is InChI=1S/C40H72O2/c1-4-6-8-10-12-14-16-18-20-22-24-26-28-30-32-34-36-40(41-38-39(3)42-40)37-35-33-31-29-27-25-23-21-19-17-15-13-11-9-7-5-2/h12-15,18-21,39H,4-11,16-17,22-38H2,1-3H3/b14-12-,15-13-,20-18-,21-19-/t39-/m0/s1. The van der Waals surface area contributed by atoms with E-state index in [-0.39, 0.29) is 11.9 Å². The maximum absolute atomic E-state index is 6.35. The fourth-order valence-corrected chi connectivity index (χ4v) is 5.86.